The van der Waals surface area contributed by atoms with E-state index in [4.69, 9.17) is 5.11 Å². The third-order valence-corrected chi connectivity index (χ3v) is 2.65. The molecule has 0 bridgehead atoms. The predicted molar refractivity (Wildman–Crippen MR) is 65.8 cm³/mol. The molecule has 0 aliphatic rings. The molecule has 0 heterocycles. The Labute approximate surface area is 99.2 Å². The Kier molecular flexibility index (Phi) is 10.3. The van der Waals surface area contributed by atoms with Crippen LogP contribution >= 0.6 is 0 Å². The number of rotatable bonds is 10. The van der Waals surface area contributed by atoms with Crippen LogP contribution in [0, 0.1) is 5.92 Å². The first-order chi connectivity index (χ1) is 7.63. The quantitative estimate of drug-likeness (QED) is 0.445. The molecule has 1 N–H and O–H groups in total. The molecule has 96 valence electrons. The van der Waals surface area contributed by atoms with Crippen LogP contribution in [0.25, 0.3) is 0 Å². The maximum atomic E-state index is 10.0. The van der Waals surface area contributed by atoms with E-state index < -0.39 is 6.16 Å². The minimum Gasteiger partial charge on any atom is -0.450 e. The van der Waals surface area contributed by atoms with Crippen molar-refractivity contribution in [1.29, 1.82) is 0 Å². The zero-order valence-electron chi connectivity index (χ0n) is 10.7. The van der Waals surface area contributed by atoms with Crippen LogP contribution in [0.3, 0.4) is 0 Å². The highest BCUT2D eigenvalue weighted by molar-refractivity contribution is 5.56. The Morgan fingerprint density at radius 1 is 1.00 bits per heavy atom. The van der Waals surface area contributed by atoms with E-state index in [1.54, 1.807) is 0 Å². The van der Waals surface area contributed by atoms with E-state index in [1.165, 1.54) is 38.5 Å². The molecular weight excluding hydrogens is 204 g/mol. The summed E-state index contributed by atoms with van der Waals surface area (Å²) in [6, 6.07) is 0. The predicted octanol–water partition coefficient (Wildman–Crippen LogP) is 4.46. The standard InChI is InChI=1S/C13H26O3/c1-12(2)10-8-6-4-3-5-7-9-11-16-13(14)15/h12H,3-11H2,1-2H3,(H,14,15). The Balaban J connectivity index is 2.96. The van der Waals surface area contributed by atoms with Crippen molar-refractivity contribution in [2.45, 2.75) is 65.2 Å². The molecule has 0 aliphatic heterocycles. The number of hydrogen-bond acceptors (Lipinski definition) is 2. The summed E-state index contributed by atoms with van der Waals surface area (Å²) in [6.45, 7) is 4.88. The van der Waals surface area contributed by atoms with Gasteiger partial charge in [-0.15, -0.1) is 0 Å². The average molecular weight is 230 g/mol. The van der Waals surface area contributed by atoms with Crippen LogP contribution in [0.5, 0.6) is 0 Å². The molecule has 0 fully saturated rings. The fourth-order valence-electron chi connectivity index (χ4n) is 1.70. The Bertz CT molecular complexity index is 167. The van der Waals surface area contributed by atoms with Gasteiger partial charge in [-0.1, -0.05) is 58.8 Å². The van der Waals surface area contributed by atoms with Crippen molar-refractivity contribution in [3.8, 4) is 0 Å². The van der Waals surface area contributed by atoms with Gasteiger partial charge in [0, 0.05) is 0 Å². The number of hydrogen-bond donors (Lipinski definition) is 1. The fourth-order valence-corrected chi connectivity index (χ4v) is 1.70. The highest BCUT2D eigenvalue weighted by Gasteiger charge is 1.97. The van der Waals surface area contributed by atoms with Crippen molar-refractivity contribution in [3.63, 3.8) is 0 Å². The van der Waals surface area contributed by atoms with Gasteiger partial charge in [0.2, 0.25) is 0 Å². The molecule has 0 amide bonds. The largest absolute Gasteiger partial charge is 0.505 e. The van der Waals surface area contributed by atoms with Crippen LogP contribution in [-0.4, -0.2) is 17.9 Å². The second-order valence-electron chi connectivity index (χ2n) is 4.77. The van der Waals surface area contributed by atoms with Gasteiger partial charge in [-0.25, -0.2) is 4.79 Å². The molecule has 3 heteroatoms. The molecule has 0 spiro atoms. The molecule has 0 rings (SSSR count). The lowest BCUT2D eigenvalue weighted by molar-refractivity contribution is 0.0899. The van der Waals surface area contributed by atoms with Crippen molar-refractivity contribution in [3.05, 3.63) is 0 Å². The van der Waals surface area contributed by atoms with Gasteiger partial charge in [-0.2, -0.15) is 0 Å². The summed E-state index contributed by atoms with van der Waals surface area (Å²) < 4.78 is 4.43. The summed E-state index contributed by atoms with van der Waals surface area (Å²) in [5.74, 6) is 0.827. The Hall–Kier alpha value is -0.730. The van der Waals surface area contributed by atoms with Crippen LogP contribution in [0.2, 0.25) is 0 Å². The summed E-state index contributed by atoms with van der Waals surface area (Å²) in [7, 11) is 0. The monoisotopic (exact) mass is 230 g/mol. The number of carbonyl (C=O) groups is 1. The highest BCUT2D eigenvalue weighted by Crippen LogP contribution is 2.11. The molecule has 0 aliphatic carbocycles. The minimum atomic E-state index is -1.16. The third kappa shape index (κ3) is 13.3. The molecule has 0 radical (unpaired) electrons. The van der Waals surface area contributed by atoms with Crippen molar-refractivity contribution >= 4 is 6.16 Å². The van der Waals surface area contributed by atoms with Crippen molar-refractivity contribution in [2.24, 2.45) is 5.92 Å². The first-order valence-electron chi connectivity index (χ1n) is 6.48. The van der Waals surface area contributed by atoms with E-state index in [-0.39, 0.29) is 0 Å². The van der Waals surface area contributed by atoms with E-state index in [1.807, 2.05) is 0 Å². The van der Waals surface area contributed by atoms with Gasteiger partial charge < -0.3 is 9.84 Å². The van der Waals surface area contributed by atoms with E-state index >= 15 is 0 Å². The zero-order valence-corrected chi connectivity index (χ0v) is 10.7. The van der Waals surface area contributed by atoms with Gasteiger partial charge in [0.15, 0.2) is 0 Å². The van der Waals surface area contributed by atoms with Crippen LogP contribution < -0.4 is 0 Å². The van der Waals surface area contributed by atoms with Gasteiger partial charge in [-0.05, 0) is 12.3 Å². The molecule has 0 aromatic heterocycles. The van der Waals surface area contributed by atoms with E-state index in [0.717, 1.165) is 18.8 Å². The summed E-state index contributed by atoms with van der Waals surface area (Å²) in [4.78, 5) is 10.0. The van der Waals surface area contributed by atoms with Gasteiger partial charge in [0.05, 0.1) is 6.61 Å². The molecule has 0 saturated heterocycles. The average Bonchev–Trinajstić information content (AvgIpc) is 2.20. The van der Waals surface area contributed by atoms with E-state index in [2.05, 4.69) is 18.6 Å². The Morgan fingerprint density at radius 3 is 2.00 bits per heavy atom. The third-order valence-electron chi connectivity index (χ3n) is 2.65. The van der Waals surface area contributed by atoms with Crippen LogP contribution in [-0.2, 0) is 4.74 Å². The lowest BCUT2D eigenvalue weighted by atomic mass is 10.0. The molecule has 3 nitrogen and oxygen atoms in total. The second-order valence-corrected chi connectivity index (χ2v) is 4.77. The van der Waals surface area contributed by atoms with Crippen LogP contribution in [0.1, 0.15) is 65.2 Å². The maximum Gasteiger partial charge on any atom is 0.505 e. The van der Waals surface area contributed by atoms with Gasteiger partial charge >= 0.3 is 6.16 Å². The summed E-state index contributed by atoms with van der Waals surface area (Å²) >= 11 is 0. The first-order valence-corrected chi connectivity index (χ1v) is 6.48. The van der Waals surface area contributed by atoms with Crippen molar-refractivity contribution in [2.75, 3.05) is 6.61 Å². The van der Waals surface area contributed by atoms with Gasteiger partial charge in [-0.3, -0.25) is 0 Å². The maximum absolute atomic E-state index is 10.0. The molecule has 16 heavy (non-hydrogen) atoms. The molecule has 0 aromatic carbocycles. The summed E-state index contributed by atoms with van der Waals surface area (Å²) in [5, 5.41) is 8.24. The molecule has 0 saturated carbocycles. The van der Waals surface area contributed by atoms with Gasteiger partial charge in [0.25, 0.3) is 0 Å². The normalized spacial score (nSPS) is 10.7. The topological polar surface area (TPSA) is 46.5 Å². The smallest absolute Gasteiger partial charge is 0.450 e. The lowest BCUT2D eigenvalue weighted by Crippen LogP contribution is -2.01. The van der Waals surface area contributed by atoms with E-state index in [9.17, 15) is 4.79 Å². The summed E-state index contributed by atoms with van der Waals surface area (Å²) in [6.07, 6.45) is 8.59. The fraction of sp³-hybridized carbons (Fsp3) is 0.923. The molecule has 0 atom stereocenters. The lowest BCUT2D eigenvalue weighted by Gasteiger charge is -2.04. The molecular formula is C13H26O3. The number of ether oxygens (including phenoxy) is 1. The molecule has 0 aromatic rings. The second kappa shape index (κ2) is 10.8. The van der Waals surface area contributed by atoms with E-state index in [0.29, 0.717) is 6.61 Å². The summed E-state index contributed by atoms with van der Waals surface area (Å²) in [5.41, 5.74) is 0. The first kappa shape index (κ1) is 15.3. The molecule has 0 unspecified atom stereocenters. The Morgan fingerprint density at radius 2 is 1.50 bits per heavy atom. The van der Waals surface area contributed by atoms with Gasteiger partial charge in [0.1, 0.15) is 0 Å². The number of carboxylic acid groups (broad SMARTS) is 1. The van der Waals surface area contributed by atoms with Crippen molar-refractivity contribution in [1.82, 2.24) is 0 Å². The minimum absolute atomic E-state index is 0.350. The number of unbranched alkanes of at least 4 members (excludes halogenated alkanes) is 6. The zero-order chi connectivity index (χ0) is 12.2. The highest BCUT2D eigenvalue weighted by atomic mass is 16.7. The SMILES string of the molecule is CC(C)CCCCCCCCCOC(=O)O. The van der Waals surface area contributed by atoms with Crippen LogP contribution in [0.4, 0.5) is 4.79 Å². The van der Waals surface area contributed by atoms with Crippen molar-refractivity contribution < 1.29 is 14.6 Å². The van der Waals surface area contributed by atoms with Crippen LogP contribution in [0.15, 0.2) is 0 Å².